The molecule has 1 rings (SSSR count). The SMILES string of the molecule is CCN(CC)c1nn(C(C)C)cc1C(C)S. The third-order valence-electron chi connectivity index (χ3n) is 2.78. The number of aromatic nitrogens is 2. The number of rotatable bonds is 5. The maximum atomic E-state index is 4.67. The van der Waals surface area contributed by atoms with Crippen LogP contribution in [0.1, 0.15) is 51.5 Å². The monoisotopic (exact) mass is 241 g/mol. The average molecular weight is 241 g/mol. The fourth-order valence-corrected chi connectivity index (χ4v) is 1.91. The van der Waals surface area contributed by atoms with Crippen LogP contribution in [0.15, 0.2) is 6.20 Å². The highest BCUT2D eigenvalue weighted by Gasteiger charge is 2.17. The van der Waals surface area contributed by atoms with Crippen molar-refractivity contribution in [2.24, 2.45) is 0 Å². The first kappa shape index (κ1) is 13.4. The fourth-order valence-electron chi connectivity index (χ4n) is 1.72. The van der Waals surface area contributed by atoms with E-state index in [1.165, 1.54) is 5.56 Å². The summed E-state index contributed by atoms with van der Waals surface area (Å²) in [5.41, 5.74) is 1.22. The van der Waals surface area contributed by atoms with Crippen LogP contribution < -0.4 is 4.90 Å². The number of hydrogen-bond acceptors (Lipinski definition) is 3. The van der Waals surface area contributed by atoms with Gasteiger partial charge >= 0.3 is 0 Å². The summed E-state index contributed by atoms with van der Waals surface area (Å²) in [5, 5.41) is 4.89. The molecule has 0 aliphatic rings. The molecule has 0 aliphatic heterocycles. The van der Waals surface area contributed by atoms with Crippen molar-refractivity contribution < 1.29 is 0 Å². The summed E-state index contributed by atoms with van der Waals surface area (Å²) in [6.45, 7) is 12.7. The van der Waals surface area contributed by atoms with Crippen molar-refractivity contribution in [3.8, 4) is 0 Å². The average Bonchev–Trinajstić information content (AvgIpc) is 2.64. The molecule has 1 aromatic rings. The molecule has 16 heavy (non-hydrogen) atoms. The summed E-state index contributed by atoms with van der Waals surface area (Å²) >= 11 is 4.53. The Kier molecular flexibility index (Phi) is 4.71. The summed E-state index contributed by atoms with van der Waals surface area (Å²) in [7, 11) is 0. The third kappa shape index (κ3) is 2.73. The molecular formula is C12H23N3S. The van der Waals surface area contributed by atoms with Crippen LogP contribution in [-0.4, -0.2) is 22.9 Å². The summed E-state index contributed by atoms with van der Waals surface area (Å²) in [4.78, 5) is 2.28. The Morgan fingerprint density at radius 3 is 2.25 bits per heavy atom. The summed E-state index contributed by atoms with van der Waals surface area (Å²) in [6, 6.07) is 0.398. The van der Waals surface area contributed by atoms with E-state index in [2.05, 4.69) is 63.4 Å². The quantitative estimate of drug-likeness (QED) is 0.799. The molecule has 0 saturated carbocycles. The molecule has 0 aromatic carbocycles. The second-order valence-electron chi connectivity index (χ2n) is 4.33. The van der Waals surface area contributed by atoms with E-state index >= 15 is 0 Å². The minimum absolute atomic E-state index is 0.225. The first-order chi connectivity index (χ1) is 7.51. The van der Waals surface area contributed by atoms with E-state index in [4.69, 9.17) is 0 Å². The largest absolute Gasteiger partial charge is 0.355 e. The standard InChI is InChI=1S/C12H23N3S/c1-6-14(7-2)12-11(10(5)16)8-15(13-12)9(3)4/h8-10,16H,6-7H2,1-5H3. The molecule has 3 nitrogen and oxygen atoms in total. The number of anilines is 1. The maximum Gasteiger partial charge on any atom is 0.154 e. The fraction of sp³-hybridized carbons (Fsp3) is 0.750. The van der Waals surface area contributed by atoms with Gasteiger partial charge in [-0.1, -0.05) is 0 Å². The van der Waals surface area contributed by atoms with Crippen molar-refractivity contribution in [3.05, 3.63) is 11.8 Å². The van der Waals surface area contributed by atoms with E-state index in [9.17, 15) is 0 Å². The highest BCUT2D eigenvalue weighted by molar-refractivity contribution is 7.80. The normalized spacial score (nSPS) is 13.2. The van der Waals surface area contributed by atoms with E-state index in [0.29, 0.717) is 6.04 Å². The van der Waals surface area contributed by atoms with E-state index < -0.39 is 0 Å². The summed E-state index contributed by atoms with van der Waals surface area (Å²) in [5.74, 6) is 1.08. The Balaban J connectivity index is 3.13. The van der Waals surface area contributed by atoms with Crippen LogP contribution in [0.5, 0.6) is 0 Å². The first-order valence-corrected chi connectivity index (χ1v) is 6.54. The lowest BCUT2D eigenvalue weighted by atomic mass is 10.2. The van der Waals surface area contributed by atoms with Crippen LogP contribution in [0, 0.1) is 0 Å². The van der Waals surface area contributed by atoms with Gasteiger partial charge in [0.25, 0.3) is 0 Å². The number of thiol groups is 1. The topological polar surface area (TPSA) is 21.1 Å². The van der Waals surface area contributed by atoms with Gasteiger partial charge in [-0.2, -0.15) is 17.7 Å². The molecule has 0 N–H and O–H groups in total. The van der Waals surface area contributed by atoms with E-state index in [1.54, 1.807) is 0 Å². The molecule has 0 fully saturated rings. The predicted molar refractivity (Wildman–Crippen MR) is 73.6 cm³/mol. The van der Waals surface area contributed by atoms with Crippen molar-refractivity contribution in [3.63, 3.8) is 0 Å². The molecule has 1 aromatic heterocycles. The van der Waals surface area contributed by atoms with Crippen molar-refractivity contribution in [1.29, 1.82) is 0 Å². The Morgan fingerprint density at radius 1 is 1.31 bits per heavy atom. The molecule has 1 unspecified atom stereocenters. The highest BCUT2D eigenvalue weighted by atomic mass is 32.1. The highest BCUT2D eigenvalue weighted by Crippen LogP contribution is 2.29. The van der Waals surface area contributed by atoms with Gasteiger partial charge < -0.3 is 4.90 Å². The minimum atomic E-state index is 0.225. The molecule has 4 heteroatoms. The Labute approximate surface area is 104 Å². The van der Waals surface area contributed by atoms with Crippen LogP contribution in [0.4, 0.5) is 5.82 Å². The Bertz CT molecular complexity index is 327. The first-order valence-electron chi connectivity index (χ1n) is 6.03. The van der Waals surface area contributed by atoms with Gasteiger partial charge in [0, 0.05) is 36.1 Å². The van der Waals surface area contributed by atoms with Gasteiger partial charge in [0.15, 0.2) is 5.82 Å². The lowest BCUT2D eigenvalue weighted by Gasteiger charge is -2.20. The second-order valence-corrected chi connectivity index (χ2v) is 5.10. The van der Waals surface area contributed by atoms with Crippen molar-refractivity contribution >= 4 is 18.4 Å². The molecule has 0 bridgehead atoms. The molecule has 0 saturated heterocycles. The third-order valence-corrected chi connectivity index (χ3v) is 3.06. The van der Waals surface area contributed by atoms with Crippen molar-refractivity contribution in [1.82, 2.24) is 9.78 Å². The van der Waals surface area contributed by atoms with Gasteiger partial charge in [0.2, 0.25) is 0 Å². The summed E-state index contributed by atoms with van der Waals surface area (Å²) < 4.78 is 2.02. The summed E-state index contributed by atoms with van der Waals surface area (Å²) in [6.07, 6.45) is 2.12. The van der Waals surface area contributed by atoms with E-state index in [1.807, 2.05) is 4.68 Å². The smallest absolute Gasteiger partial charge is 0.154 e. The van der Waals surface area contributed by atoms with Gasteiger partial charge in [-0.05, 0) is 34.6 Å². The zero-order chi connectivity index (χ0) is 12.3. The maximum absolute atomic E-state index is 4.67. The zero-order valence-electron chi connectivity index (χ0n) is 10.9. The predicted octanol–water partition coefficient (Wildman–Crippen LogP) is 3.30. The lowest BCUT2D eigenvalue weighted by molar-refractivity contribution is 0.530. The molecular weight excluding hydrogens is 218 g/mol. The molecule has 1 heterocycles. The van der Waals surface area contributed by atoms with Crippen LogP contribution >= 0.6 is 12.6 Å². The van der Waals surface area contributed by atoms with Crippen LogP contribution in [-0.2, 0) is 0 Å². The molecule has 1 atom stereocenters. The van der Waals surface area contributed by atoms with Crippen LogP contribution in [0.2, 0.25) is 0 Å². The van der Waals surface area contributed by atoms with Gasteiger partial charge in [-0.25, -0.2) is 0 Å². The van der Waals surface area contributed by atoms with Gasteiger partial charge in [0.1, 0.15) is 0 Å². The van der Waals surface area contributed by atoms with Crippen LogP contribution in [0.3, 0.4) is 0 Å². The molecule has 0 aliphatic carbocycles. The number of nitrogens with zero attached hydrogens (tertiary/aromatic N) is 3. The van der Waals surface area contributed by atoms with Gasteiger partial charge in [0.05, 0.1) is 0 Å². The Hall–Kier alpha value is -0.640. The van der Waals surface area contributed by atoms with Crippen LogP contribution in [0.25, 0.3) is 0 Å². The molecule has 0 radical (unpaired) electrons. The van der Waals surface area contributed by atoms with E-state index in [0.717, 1.165) is 18.9 Å². The zero-order valence-corrected chi connectivity index (χ0v) is 11.8. The Morgan fingerprint density at radius 2 is 1.88 bits per heavy atom. The molecule has 0 spiro atoms. The van der Waals surface area contributed by atoms with Crippen molar-refractivity contribution in [2.75, 3.05) is 18.0 Å². The van der Waals surface area contributed by atoms with Gasteiger partial charge in [-0.15, -0.1) is 0 Å². The molecule has 92 valence electrons. The van der Waals surface area contributed by atoms with Gasteiger partial charge in [-0.3, -0.25) is 4.68 Å². The van der Waals surface area contributed by atoms with Crippen molar-refractivity contribution in [2.45, 2.75) is 45.9 Å². The molecule has 0 amide bonds. The second kappa shape index (κ2) is 5.62. The van der Waals surface area contributed by atoms with E-state index in [-0.39, 0.29) is 5.25 Å². The minimum Gasteiger partial charge on any atom is -0.355 e. The lowest BCUT2D eigenvalue weighted by Crippen LogP contribution is -2.23. The number of hydrogen-bond donors (Lipinski definition) is 1.